The number of hydrogen-bond donors (Lipinski definition) is 1. The van der Waals surface area contributed by atoms with Crippen molar-refractivity contribution in [3.05, 3.63) is 63.8 Å². The molecular weight excluding hydrogens is 344 g/mol. The van der Waals surface area contributed by atoms with E-state index in [9.17, 15) is 10.1 Å². The van der Waals surface area contributed by atoms with Gasteiger partial charge in [-0.15, -0.1) is 11.3 Å². The SMILES string of the molecule is COc1ccc(Nc2nc(COc3cccnc3[N+](=O)[O-])cs2)cc1. The standard InChI is InChI=1S/C16H14N4O4S/c1-23-13-6-4-11(5-7-13)18-16-19-12(10-25-16)9-24-14-3-2-8-17-15(14)20(21)22/h2-8,10H,9H2,1H3,(H,18,19). The van der Waals surface area contributed by atoms with Gasteiger partial charge in [0.2, 0.25) is 5.75 Å². The number of rotatable bonds is 7. The number of benzene rings is 1. The molecule has 1 aromatic carbocycles. The van der Waals surface area contributed by atoms with Crippen molar-refractivity contribution in [1.29, 1.82) is 0 Å². The van der Waals surface area contributed by atoms with Crippen LogP contribution in [0, 0.1) is 10.1 Å². The quantitative estimate of drug-likeness (QED) is 0.507. The molecule has 0 aliphatic rings. The minimum Gasteiger partial charge on any atom is -0.497 e. The first-order chi connectivity index (χ1) is 12.2. The molecule has 0 bridgehead atoms. The lowest BCUT2D eigenvalue weighted by Gasteiger charge is -2.05. The van der Waals surface area contributed by atoms with Crippen LogP contribution in [0.5, 0.6) is 11.5 Å². The Morgan fingerprint density at radius 2 is 2.08 bits per heavy atom. The molecule has 0 radical (unpaired) electrons. The second-order valence-electron chi connectivity index (χ2n) is 4.87. The molecule has 1 N–H and O–H groups in total. The number of hydrogen-bond acceptors (Lipinski definition) is 8. The minimum absolute atomic E-state index is 0.116. The van der Waals surface area contributed by atoms with Crippen LogP contribution >= 0.6 is 11.3 Å². The van der Waals surface area contributed by atoms with Crippen LogP contribution in [-0.2, 0) is 6.61 Å². The Morgan fingerprint density at radius 1 is 1.28 bits per heavy atom. The highest BCUT2D eigenvalue weighted by Crippen LogP contribution is 2.26. The van der Waals surface area contributed by atoms with Gasteiger partial charge in [0.05, 0.1) is 12.8 Å². The maximum atomic E-state index is 10.9. The van der Waals surface area contributed by atoms with Gasteiger partial charge < -0.3 is 24.9 Å². The fraction of sp³-hybridized carbons (Fsp3) is 0.125. The number of aromatic nitrogens is 2. The Balaban J connectivity index is 1.63. The van der Waals surface area contributed by atoms with Crippen LogP contribution in [0.1, 0.15) is 5.69 Å². The van der Waals surface area contributed by atoms with Crippen molar-refractivity contribution in [2.75, 3.05) is 12.4 Å². The molecule has 128 valence electrons. The van der Waals surface area contributed by atoms with Gasteiger partial charge in [-0.3, -0.25) is 0 Å². The normalized spacial score (nSPS) is 10.3. The summed E-state index contributed by atoms with van der Waals surface area (Å²) in [7, 11) is 1.61. The number of nitro groups is 1. The molecule has 0 spiro atoms. The lowest BCUT2D eigenvalue weighted by atomic mass is 10.3. The zero-order chi connectivity index (χ0) is 17.6. The summed E-state index contributed by atoms with van der Waals surface area (Å²) in [6.07, 6.45) is 1.35. The highest BCUT2D eigenvalue weighted by Gasteiger charge is 2.16. The Labute approximate surface area is 147 Å². The lowest BCUT2D eigenvalue weighted by Crippen LogP contribution is -2.01. The van der Waals surface area contributed by atoms with Crippen LogP contribution in [-0.4, -0.2) is 22.0 Å². The highest BCUT2D eigenvalue weighted by atomic mass is 32.1. The fourth-order valence-corrected chi connectivity index (χ4v) is 2.73. The molecule has 2 aromatic heterocycles. The van der Waals surface area contributed by atoms with Gasteiger partial charge in [0, 0.05) is 11.1 Å². The van der Waals surface area contributed by atoms with E-state index < -0.39 is 4.92 Å². The van der Waals surface area contributed by atoms with E-state index in [2.05, 4.69) is 15.3 Å². The van der Waals surface area contributed by atoms with E-state index in [-0.39, 0.29) is 18.2 Å². The van der Waals surface area contributed by atoms with Crippen molar-refractivity contribution in [2.24, 2.45) is 0 Å². The molecule has 25 heavy (non-hydrogen) atoms. The molecule has 0 saturated heterocycles. The number of nitrogens with zero attached hydrogens (tertiary/aromatic N) is 3. The van der Waals surface area contributed by atoms with Crippen LogP contribution in [0.4, 0.5) is 16.6 Å². The van der Waals surface area contributed by atoms with Gasteiger partial charge in [-0.05, 0) is 46.3 Å². The third-order valence-electron chi connectivity index (χ3n) is 3.19. The predicted octanol–water partition coefficient (Wildman–Crippen LogP) is 3.78. The lowest BCUT2D eigenvalue weighted by molar-refractivity contribution is -0.390. The highest BCUT2D eigenvalue weighted by molar-refractivity contribution is 7.13. The minimum atomic E-state index is -0.576. The van der Waals surface area contributed by atoms with E-state index in [4.69, 9.17) is 9.47 Å². The van der Waals surface area contributed by atoms with Crippen LogP contribution in [0.15, 0.2) is 48.0 Å². The zero-order valence-electron chi connectivity index (χ0n) is 13.2. The first-order valence-electron chi connectivity index (χ1n) is 7.23. The molecule has 3 aromatic rings. The average Bonchev–Trinajstić information content (AvgIpc) is 3.08. The van der Waals surface area contributed by atoms with E-state index in [1.807, 2.05) is 29.6 Å². The predicted molar refractivity (Wildman–Crippen MR) is 93.6 cm³/mol. The van der Waals surface area contributed by atoms with Gasteiger partial charge in [0.15, 0.2) is 5.13 Å². The van der Waals surface area contributed by atoms with Crippen LogP contribution in [0.2, 0.25) is 0 Å². The molecule has 0 unspecified atom stereocenters. The number of pyridine rings is 1. The van der Waals surface area contributed by atoms with Gasteiger partial charge in [-0.25, -0.2) is 4.98 Å². The second-order valence-corrected chi connectivity index (χ2v) is 5.73. The Hall–Kier alpha value is -3.20. The molecule has 9 heteroatoms. The van der Waals surface area contributed by atoms with E-state index in [0.29, 0.717) is 10.8 Å². The Kier molecular flexibility index (Phi) is 5.05. The zero-order valence-corrected chi connectivity index (χ0v) is 14.0. The fourth-order valence-electron chi connectivity index (χ4n) is 2.01. The third-order valence-corrected chi connectivity index (χ3v) is 4.00. The maximum Gasteiger partial charge on any atom is 0.406 e. The summed E-state index contributed by atoms with van der Waals surface area (Å²) in [6.45, 7) is 0.118. The van der Waals surface area contributed by atoms with Crippen molar-refractivity contribution in [1.82, 2.24) is 9.97 Å². The summed E-state index contributed by atoms with van der Waals surface area (Å²) in [5.41, 5.74) is 1.55. The van der Waals surface area contributed by atoms with Gasteiger partial charge in [0.1, 0.15) is 18.6 Å². The van der Waals surface area contributed by atoms with E-state index in [1.165, 1.54) is 23.6 Å². The number of nitrogens with one attached hydrogen (secondary N) is 1. The molecular formula is C16H14N4O4S. The monoisotopic (exact) mass is 358 g/mol. The molecule has 0 fully saturated rings. The van der Waals surface area contributed by atoms with Crippen LogP contribution < -0.4 is 14.8 Å². The average molecular weight is 358 g/mol. The summed E-state index contributed by atoms with van der Waals surface area (Å²) in [4.78, 5) is 18.4. The third kappa shape index (κ3) is 4.21. The van der Waals surface area contributed by atoms with Crippen LogP contribution in [0.25, 0.3) is 0 Å². The van der Waals surface area contributed by atoms with Crippen molar-refractivity contribution < 1.29 is 14.4 Å². The summed E-state index contributed by atoms with van der Waals surface area (Å²) in [5, 5.41) is 16.6. The van der Waals surface area contributed by atoms with Crippen LogP contribution in [0.3, 0.4) is 0 Å². The molecule has 0 aliphatic heterocycles. The van der Waals surface area contributed by atoms with E-state index >= 15 is 0 Å². The maximum absolute atomic E-state index is 10.9. The Bertz CT molecular complexity index is 867. The van der Waals surface area contributed by atoms with Gasteiger partial charge >= 0.3 is 5.82 Å². The van der Waals surface area contributed by atoms with Crippen molar-refractivity contribution in [2.45, 2.75) is 6.61 Å². The first-order valence-corrected chi connectivity index (χ1v) is 8.11. The topological polar surface area (TPSA) is 99.4 Å². The van der Waals surface area contributed by atoms with Crippen molar-refractivity contribution >= 4 is 28.0 Å². The number of anilines is 2. The van der Waals surface area contributed by atoms with Crippen molar-refractivity contribution in [3.8, 4) is 11.5 Å². The molecule has 3 rings (SSSR count). The summed E-state index contributed by atoms with van der Waals surface area (Å²) in [6, 6.07) is 10.6. The van der Waals surface area contributed by atoms with Gasteiger partial charge in [-0.2, -0.15) is 0 Å². The second kappa shape index (κ2) is 7.58. The Morgan fingerprint density at radius 3 is 2.80 bits per heavy atom. The molecule has 0 amide bonds. The molecule has 8 nitrogen and oxygen atoms in total. The van der Waals surface area contributed by atoms with Gasteiger partial charge in [-0.1, -0.05) is 0 Å². The smallest absolute Gasteiger partial charge is 0.406 e. The van der Waals surface area contributed by atoms with Crippen molar-refractivity contribution in [3.63, 3.8) is 0 Å². The van der Waals surface area contributed by atoms with E-state index in [0.717, 1.165) is 11.4 Å². The van der Waals surface area contributed by atoms with E-state index in [1.54, 1.807) is 13.2 Å². The van der Waals surface area contributed by atoms with Gasteiger partial charge in [0.25, 0.3) is 0 Å². The number of ether oxygens (including phenoxy) is 2. The largest absolute Gasteiger partial charge is 0.497 e. The molecule has 0 atom stereocenters. The number of thiazole rings is 1. The number of methoxy groups -OCH3 is 1. The summed E-state index contributed by atoms with van der Waals surface area (Å²) < 4.78 is 10.6. The first kappa shape index (κ1) is 16.7. The molecule has 0 aliphatic carbocycles. The summed E-state index contributed by atoms with van der Waals surface area (Å²) in [5.74, 6) is 0.580. The molecule has 0 saturated carbocycles. The summed E-state index contributed by atoms with van der Waals surface area (Å²) >= 11 is 1.42. The molecule has 2 heterocycles.